The van der Waals surface area contributed by atoms with Crippen LogP contribution in [-0.2, 0) is 37.3 Å². The molecule has 14 heteroatoms. The molecule has 2 aromatic heterocycles. The second kappa shape index (κ2) is 24.8. The molecule has 0 saturated heterocycles. The lowest BCUT2D eigenvalue weighted by Gasteiger charge is -2.25. The second-order valence-corrected chi connectivity index (χ2v) is 14.8. The molecule has 56 heavy (non-hydrogen) atoms. The number of esters is 2. The van der Waals surface area contributed by atoms with Crippen LogP contribution in [0.3, 0.4) is 0 Å². The highest BCUT2D eigenvalue weighted by Gasteiger charge is 2.32. The van der Waals surface area contributed by atoms with Crippen LogP contribution >= 0.6 is 15.9 Å². The zero-order valence-corrected chi connectivity index (χ0v) is 34.8. The molecule has 304 valence electrons. The summed E-state index contributed by atoms with van der Waals surface area (Å²) in [5, 5.41) is 3.16. The van der Waals surface area contributed by atoms with Gasteiger partial charge < -0.3 is 24.1 Å². The molecule has 0 aliphatic carbocycles. The Kier molecular flexibility index (Phi) is 19.6. The lowest BCUT2D eigenvalue weighted by atomic mass is 9.87. The first-order valence-electron chi connectivity index (χ1n) is 20.0. The van der Waals surface area contributed by atoms with Gasteiger partial charge in [0, 0.05) is 43.7 Å². The number of aromatic nitrogens is 4. The minimum atomic E-state index is -0.708. The Morgan fingerprint density at radius 3 is 2.43 bits per heavy atom. The van der Waals surface area contributed by atoms with Gasteiger partial charge in [0.2, 0.25) is 12.8 Å². The summed E-state index contributed by atoms with van der Waals surface area (Å²) in [6.07, 6.45) is 28.4. The third kappa shape index (κ3) is 14.5. The first-order chi connectivity index (χ1) is 27.3. The van der Waals surface area contributed by atoms with Gasteiger partial charge in [0.25, 0.3) is 0 Å². The van der Waals surface area contributed by atoms with Crippen molar-refractivity contribution in [2.45, 2.75) is 104 Å². The number of hydrogen-bond acceptors (Lipinski definition) is 11. The van der Waals surface area contributed by atoms with Gasteiger partial charge in [-0.2, -0.15) is 0 Å². The summed E-state index contributed by atoms with van der Waals surface area (Å²) in [5.41, 5.74) is 2.93. The fraction of sp³-hybridized carbons (Fsp3) is 0.548. The molecule has 1 N–H and O–H groups in total. The number of nitrogens with one attached hydrogen (secondary N) is 1. The molecule has 1 amide bonds. The molecule has 0 spiro atoms. The molecule has 0 saturated carbocycles. The maximum Gasteiger partial charge on any atom is 0.419 e. The van der Waals surface area contributed by atoms with Crippen molar-refractivity contribution in [3.8, 4) is 0 Å². The van der Waals surface area contributed by atoms with E-state index in [9.17, 15) is 14.4 Å². The number of allylic oxidation sites excluding steroid dienone is 4. The molecule has 0 radical (unpaired) electrons. The van der Waals surface area contributed by atoms with Crippen LogP contribution in [0.15, 0.2) is 70.8 Å². The minimum absolute atomic E-state index is 0.0624. The maximum absolute atomic E-state index is 13.4. The van der Waals surface area contributed by atoms with E-state index in [-0.39, 0.29) is 18.5 Å². The molecular formula is C42H58BrN7O6. The smallest absolute Gasteiger partial charge is 0.419 e. The molecule has 0 fully saturated rings. The van der Waals surface area contributed by atoms with E-state index in [0.717, 1.165) is 56.2 Å². The normalized spacial score (nSPS) is 14.0. The van der Waals surface area contributed by atoms with E-state index in [1.165, 1.54) is 30.6 Å². The molecule has 4 rings (SSSR count). The number of carbonyl (C=O) groups is 3. The van der Waals surface area contributed by atoms with E-state index in [4.69, 9.17) is 14.2 Å². The summed E-state index contributed by atoms with van der Waals surface area (Å²) in [6.45, 7) is 4.28. The standard InChI is InChI=1S/C42H58BrN7O6/c1-4-6-7-8-9-10-11-12-13-14-15-16-17-18-19-20-37(51)54-29-32(27-33-28-44-30-49(33)3)34(5-2)40(52)55-31-56-42(53)50-26-25-47-41(50)48-35-21-22-36-39(38(35)43)46-24-23-45-36/h9-10,12-13,21-24,28,30,32,34H,4-8,11,14-20,25-27,29,31H2,1-3H3,(H,47,48)/b10-9-,13-12-. The highest BCUT2D eigenvalue weighted by Crippen LogP contribution is 2.30. The first kappa shape index (κ1) is 44.1. The number of carbonyl (C=O) groups excluding carboxylic acids is 3. The van der Waals surface area contributed by atoms with Crippen LogP contribution in [0.1, 0.15) is 103 Å². The average molecular weight is 837 g/mol. The Morgan fingerprint density at radius 2 is 1.68 bits per heavy atom. The molecule has 1 aliphatic rings. The van der Waals surface area contributed by atoms with Gasteiger partial charge in [-0.1, -0.05) is 70.3 Å². The van der Waals surface area contributed by atoms with Gasteiger partial charge in [-0.15, -0.1) is 0 Å². The van der Waals surface area contributed by atoms with Crippen molar-refractivity contribution in [1.29, 1.82) is 0 Å². The highest BCUT2D eigenvalue weighted by atomic mass is 79.9. The van der Waals surface area contributed by atoms with E-state index < -0.39 is 24.8 Å². The Hall–Kier alpha value is -4.59. The van der Waals surface area contributed by atoms with Crippen LogP contribution in [0.25, 0.3) is 11.0 Å². The number of hydrogen-bond donors (Lipinski definition) is 1. The minimum Gasteiger partial charge on any atom is -0.465 e. The molecule has 0 bridgehead atoms. The van der Waals surface area contributed by atoms with Gasteiger partial charge in [0.1, 0.15) is 5.52 Å². The van der Waals surface area contributed by atoms with Crippen molar-refractivity contribution < 1.29 is 28.6 Å². The second-order valence-electron chi connectivity index (χ2n) is 14.0. The Labute approximate surface area is 339 Å². The van der Waals surface area contributed by atoms with E-state index in [1.807, 2.05) is 30.7 Å². The van der Waals surface area contributed by atoms with Crippen LogP contribution in [-0.4, -0.2) is 74.9 Å². The zero-order valence-electron chi connectivity index (χ0n) is 33.2. The lowest BCUT2D eigenvalue weighted by molar-refractivity contribution is -0.162. The van der Waals surface area contributed by atoms with Crippen LogP contribution in [0.4, 0.5) is 10.5 Å². The predicted octanol–water partition coefficient (Wildman–Crippen LogP) is 9.09. The van der Waals surface area contributed by atoms with Crippen molar-refractivity contribution >= 4 is 56.6 Å². The molecule has 1 aliphatic heterocycles. The number of rotatable bonds is 24. The molecular weight excluding hydrogens is 778 g/mol. The van der Waals surface area contributed by atoms with Crippen molar-refractivity contribution in [2.24, 2.45) is 23.9 Å². The Bertz CT molecular complexity index is 1780. The Morgan fingerprint density at radius 1 is 0.929 bits per heavy atom. The van der Waals surface area contributed by atoms with Crippen LogP contribution in [0.5, 0.6) is 0 Å². The number of nitrogens with zero attached hydrogens (tertiary/aromatic N) is 6. The quantitative estimate of drug-likeness (QED) is 0.0401. The van der Waals surface area contributed by atoms with Crippen LogP contribution < -0.4 is 5.32 Å². The van der Waals surface area contributed by atoms with Gasteiger partial charge in [-0.25, -0.2) is 14.7 Å². The van der Waals surface area contributed by atoms with Gasteiger partial charge >= 0.3 is 18.0 Å². The molecule has 2 atom stereocenters. The van der Waals surface area contributed by atoms with E-state index in [1.54, 1.807) is 24.9 Å². The third-order valence-electron chi connectivity index (χ3n) is 9.76. The number of halogens is 1. The van der Waals surface area contributed by atoms with E-state index in [2.05, 4.69) is 72.4 Å². The average Bonchev–Trinajstić information content (AvgIpc) is 3.84. The number of ether oxygens (including phenoxy) is 3. The molecule has 1 aromatic carbocycles. The van der Waals surface area contributed by atoms with E-state index in [0.29, 0.717) is 54.0 Å². The number of amides is 1. The monoisotopic (exact) mass is 835 g/mol. The lowest BCUT2D eigenvalue weighted by Crippen LogP contribution is -2.39. The predicted molar refractivity (Wildman–Crippen MR) is 222 cm³/mol. The number of benzene rings is 1. The van der Waals surface area contributed by atoms with Gasteiger partial charge in [0.15, 0.2) is 0 Å². The van der Waals surface area contributed by atoms with Gasteiger partial charge in [0.05, 0.1) is 47.6 Å². The molecule has 3 heterocycles. The summed E-state index contributed by atoms with van der Waals surface area (Å²) in [7, 11) is 1.88. The zero-order chi connectivity index (χ0) is 40.0. The number of unbranched alkanes of at least 4 members (excludes halogenated alkanes) is 8. The van der Waals surface area contributed by atoms with Crippen molar-refractivity contribution in [1.82, 2.24) is 24.4 Å². The largest absolute Gasteiger partial charge is 0.465 e. The van der Waals surface area contributed by atoms with Crippen molar-refractivity contribution in [3.63, 3.8) is 0 Å². The van der Waals surface area contributed by atoms with E-state index >= 15 is 0 Å². The Balaban J connectivity index is 1.18. The molecule has 13 nitrogen and oxygen atoms in total. The van der Waals surface area contributed by atoms with Crippen LogP contribution in [0, 0.1) is 11.8 Å². The number of aryl methyl sites for hydroxylation is 1. The van der Waals surface area contributed by atoms with Gasteiger partial charge in [-0.05, 0) is 79.4 Å². The van der Waals surface area contributed by atoms with Crippen molar-refractivity contribution in [3.05, 3.63) is 71.5 Å². The SMILES string of the molecule is CCCCC/C=C\C/C=C\CCCCCCCC(=O)OCC(Cc1cncn1C)C(CC)C(=O)OCOC(=O)N1CCN=C1Nc1ccc2nccnc2c1Br. The third-order valence-corrected chi connectivity index (χ3v) is 10.6. The topological polar surface area (TPSA) is 150 Å². The fourth-order valence-corrected chi connectivity index (χ4v) is 7.02. The summed E-state index contributed by atoms with van der Waals surface area (Å²) in [6, 6.07) is 3.63. The summed E-state index contributed by atoms with van der Waals surface area (Å²) in [4.78, 5) is 57.9. The number of fused-ring (bicyclic) bond motifs is 1. The number of anilines is 1. The van der Waals surface area contributed by atoms with Crippen molar-refractivity contribution in [2.75, 3.05) is 31.8 Å². The van der Waals surface area contributed by atoms with Gasteiger partial charge in [-0.3, -0.25) is 24.5 Å². The summed E-state index contributed by atoms with van der Waals surface area (Å²) in [5.74, 6) is -1.48. The number of imidazole rings is 1. The van der Waals surface area contributed by atoms with Crippen LogP contribution in [0.2, 0.25) is 0 Å². The maximum atomic E-state index is 13.4. The number of guanidine groups is 1. The summed E-state index contributed by atoms with van der Waals surface area (Å²) >= 11 is 3.56. The first-order valence-corrected chi connectivity index (χ1v) is 20.8. The summed E-state index contributed by atoms with van der Waals surface area (Å²) < 4.78 is 19.1. The molecule has 2 unspecified atom stereocenters. The highest BCUT2D eigenvalue weighted by molar-refractivity contribution is 9.10. The number of aliphatic imine (C=N–C) groups is 1. The molecule has 3 aromatic rings. The fourth-order valence-electron chi connectivity index (χ4n) is 6.49.